The Morgan fingerprint density at radius 2 is 1.93 bits per heavy atom. The Morgan fingerprint density at radius 1 is 1.18 bits per heavy atom. The van der Waals surface area contributed by atoms with Gasteiger partial charge < -0.3 is 15.6 Å². The lowest BCUT2D eigenvalue weighted by molar-refractivity contribution is 0.102. The van der Waals surface area contributed by atoms with Crippen LogP contribution in [-0.4, -0.2) is 38.5 Å². The Morgan fingerprint density at radius 3 is 2.75 bits per heavy atom. The number of carbonyl (C=O) groups excluding carboxylic acids is 1. The number of aryl methyl sites for hydroxylation is 1. The molecule has 2 aromatic heterocycles. The fourth-order valence-electron chi connectivity index (χ4n) is 3.23. The monoisotopic (exact) mass is 393 g/mol. The molecule has 0 unspecified atom stereocenters. The number of thioether (sulfide) groups is 1. The first-order valence-corrected chi connectivity index (χ1v) is 9.66. The fourth-order valence-corrected chi connectivity index (χ4v) is 3.96. The lowest BCUT2D eigenvalue weighted by atomic mass is 10.1. The molecule has 4 aromatic rings. The molecule has 0 aliphatic carbocycles. The first kappa shape index (κ1) is 18.1. The lowest BCUT2D eigenvalue weighted by Crippen LogP contribution is -2.13. The number of aromatic nitrogens is 4. The summed E-state index contributed by atoms with van der Waals surface area (Å²) in [6.07, 6.45) is 0. The van der Waals surface area contributed by atoms with Crippen LogP contribution in [0.2, 0.25) is 0 Å². The maximum atomic E-state index is 12.8. The molecule has 0 aliphatic heterocycles. The van der Waals surface area contributed by atoms with Gasteiger partial charge in [0.1, 0.15) is 5.75 Å². The van der Waals surface area contributed by atoms with Crippen LogP contribution in [0.5, 0.6) is 5.75 Å². The van der Waals surface area contributed by atoms with E-state index >= 15 is 0 Å². The van der Waals surface area contributed by atoms with Crippen molar-refractivity contribution in [3.05, 3.63) is 59.8 Å². The van der Waals surface area contributed by atoms with Crippen LogP contribution in [0.1, 0.15) is 16.1 Å². The molecule has 0 atom stereocenters. The first-order chi connectivity index (χ1) is 13.6. The maximum absolute atomic E-state index is 12.8. The fraction of sp³-hybridized carbons (Fsp3) is 0.150. The minimum absolute atomic E-state index is 0.0155. The molecular weight excluding hydrogens is 374 g/mol. The molecule has 4 rings (SSSR count). The van der Waals surface area contributed by atoms with Crippen molar-refractivity contribution in [1.29, 1.82) is 0 Å². The number of nitrogens with two attached hydrogens (primary N) is 1. The predicted molar refractivity (Wildman–Crippen MR) is 110 cm³/mol. The third kappa shape index (κ3) is 3.11. The number of hydrogen-bond donors (Lipinski definition) is 2. The molecule has 142 valence electrons. The number of para-hydroxylation sites is 2. The molecule has 2 aromatic carbocycles. The van der Waals surface area contributed by atoms with E-state index in [4.69, 9.17) is 10.6 Å². The van der Waals surface area contributed by atoms with Crippen LogP contribution in [0.3, 0.4) is 0 Å². The molecule has 0 saturated heterocycles. The zero-order valence-corrected chi connectivity index (χ0v) is 16.3. The second kappa shape index (κ2) is 7.40. The summed E-state index contributed by atoms with van der Waals surface area (Å²) in [6, 6.07) is 15.2. The molecule has 3 N–H and O–H groups in total. The quantitative estimate of drug-likeness (QED) is 0.296. The number of nitrogens with zero attached hydrogens (tertiary/aromatic N) is 3. The van der Waals surface area contributed by atoms with E-state index in [2.05, 4.69) is 15.2 Å². The molecule has 0 aliphatic rings. The number of nitrogens with one attached hydrogen (secondary N) is 1. The number of ketones is 1. The molecule has 28 heavy (non-hydrogen) atoms. The topological polar surface area (TPSA) is 98.8 Å². The number of Topliss-reactive ketones (excluding diaryl/α,β-unsaturated/α-hetero) is 1. The Hall–Kier alpha value is -3.26. The average Bonchev–Trinajstić information content (AvgIpc) is 3.24. The van der Waals surface area contributed by atoms with E-state index in [1.807, 2.05) is 55.5 Å². The van der Waals surface area contributed by atoms with Gasteiger partial charge in [0, 0.05) is 22.2 Å². The molecule has 0 radical (unpaired) electrons. The van der Waals surface area contributed by atoms with Gasteiger partial charge in [-0.15, -0.1) is 10.2 Å². The summed E-state index contributed by atoms with van der Waals surface area (Å²) >= 11 is 1.26. The zero-order valence-electron chi connectivity index (χ0n) is 15.5. The van der Waals surface area contributed by atoms with E-state index in [9.17, 15) is 4.79 Å². The van der Waals surface area contributed by atoms with Crippen LogP contribution in [-0.2, 0) is 0 Å². The van der Waals surface area contributed by atoms with Crippen molar-refractivity contribution in [1.82, 2.24) is 19.9 Å². The van der Waals surface area contributed by atoms with E-state index in [0.717, 1.165) is 22.2 Å². The van der Waals surface area contributed by atoms with Crippen molar-refractivity contribution >= 4 is 28.4 Å². The Balaban J connectivity index is 1.57. The Kier molecular flexibility index (Phi) is 4.79. The number of hydrogen-bond acceptors (Lipinski definition) is 6. The van der Waals surface area contributed by atoms with E-state index in [0.29, 0.717) is 22.3 Å². The van der Waals surface area contributed by atoms with Gasteiger partial charge in [-0.1, -0.05) is 42.1 Å². The summed E-state index contributed by atoms with van der Waals surface area (Å²) in [5.74, 6) is 7.55. The lowest BCUT2D eigenvalue weighted by Gasteiger charge is -2.07. The SMILES string of the molecule is COc1ccccc1-c1nnc(SCC(=O)c2c(C)[nH]c3ccccc23)n1N. The maximum Gasteiger partial charge on any atom is 0.210 e. The molecule has 0 fully saturated rings. The van der Waals surface area contributed by atoms with Gasteiger partial charge in [0.05, 0.1) is 18.4 Å². The number of rotatable bonds is 6. The Bertz CT molecular complexity index is 1160. The first-order valence-electron chi connectivity index (χ1n) is 8.67. The standard InChI is InChI=1S/C20H19N5O2S/c1-12-18(13-7-3-5-9-15(13)22-12)16(26)11-28-20-24-23-19(25(20)21)14-8-4-6-10-17(14)27-2/h3-10,22H,11,21H2,1-2H3. The molecule has 0 bridgehead atoms. The van der Waals surface area contributed by atoms with E-state index < -0.39 is 0 Å². The number of H-pyrrole nitrogens is 1. The van der Waals surface area contributed by atoms with Crippen LogP contribution < -0.4 is 10.6 Å². The smallest absolute Gasteiger partial charge is 0.210 e. The van der Waals surface area contributed by atoms with Crippen LogP contribution in [0.4, 0.5) is 0 Å². The van der Waals surface area contributed by atoms with E-state index in [1.54, 1.807) is 7.11 Å². The van der Waals surface area contributed by atoms with Crippen molar-refractivity contribution in [3.8, 4) is 17.1 Å². The molecule has 2 heterocycles. The number of carbonyl (C=O) groups is 1. The van der Waals surface area contributed by atoms with Gasteiger partial charge in [0.15, 0.2) is 11.6 Å². The molecular formula is C20H19N5O2S. The second-order valence-electron chi connectivity index (χ2n) is 6.26. The number of ether oxygens (including phenoxy) is 1. The summed E-state index contributed by atoms with van der Waals surface area (Å²) in [4.78, 5) is 16.1. The summed E-state index contributed by atoms with van der Waals surface area (Å²) in [5, 5.41) is 9.70. The number of nitrogen functional groups attached to an aromatic ring is 1. The van der Waals surface area contributed by atoms with Gasteiger partial charge in [0.25, 0.3) is 0 Å². The number of fused-ring (bicyclic) bond motifs is 1. The van der Waals surface area contributed by atoms with Gasteiger partial charge in [-0.3, -0.25) is 4.79 Å². The number of methoxy groups -OCH3 is 1. The third-order valence-corrected chi connectivity index (χ3v) is 5.46. The van der Waals surface area contributed by atoms with Crippen LogP contribution in [0.25, 0.3) is 22.3 Å². The van der Waals surface area contributed by atoms with Crippen molar-refractivity contribution < 1.29 is 9.53 Å². The highest BCUT2D eigenvalue weighted by molar-refractivity contribution is 7.99. The second-order valence-corrected chi connectivity index (χ2v) is 7.20. The van der Waals surface area contributed by atoms with Crippen molar-refractivity contribution in [2.45, 2.75) is 12.1 Å². The van der Waals surface area contributed by atoms with Gasteiger partial charge in [-0.25, -0.2) is 4.68 Å². The molecule has 0 saturated carbocycles. The minimum Gasteiger partial charge on any atom is -0.496 e. The molecule has 0 amide bonds. The average molecular weight is 393 g/mol. The number of aromatic amines is 1. The highest BCUT2D eigenvalue weighted by atomic mass is 32.2. The van der Waals surface area contributed by atoms with Gasteiger partial charge in [0.2, 0.25) is 5.16 Å². The Labute approximate surface area is 165 Å². The highest BCUT2D eigenvalue weighted by Gasteiger charge is 2.19. The summed E-state index contributed by atoms with van der Waals surface area (Å²) in [5.41, 5.74) is 3.26. The highest BCUT2D eigenvalue weighted by Crippen LogP contribution is 2.30. The normalized spacial score (nSPS) is 11.1. The molecule has 7 nitrogen and oxygen atoms in total. The van der Waals surface area contributed by atoms with Gasteiger partial charge in [-0.2, -0.15) is 0 Å². The largest absolute Gasteiger partial charge is 0.496 e. The van der Waals surface area contributed by atoms with Crippen molar-refractivity contribution in [2.75, 3.05) is 18.7 Å². The van der Waals surface area contributed by atoms with Gasteiger partial charge >= 0.3 is 0 Å². The van der Waals surface area contributed by atoms with Crippen molar-refractivity contribution in [3.63, 3.8) is 0 Å². The number of benzene rings is 2. The summed E-state index contributed by atoms with van der Waals surface area (Å²) in [7, 11) is 1.59. The summed E-state index contributed by atoms with van der Waals surface area (Å²) in [6.45, 7) is 1.91. The summed E-state index contributed by atoms with van der Waals surface area (Å²) < 4.78 is 6.75. The molecule has 8 heteroatoms. The minimum atomic E-state index is 0.0155. The molecule has 0 spiro atoms. The van der Waals surface area contributed by atoms with Gasteiger partial charge in [-0.05, 0) is 25.1 Å². The van der Waals surface area contributed by atoms with Crippen LogP contribution in [0.15, 0.2) is 53.7 Å². The van der Waals surface area contributed by atoms with Crippen molar-refractivity contribution in [2.24, 2.45) is 0 Å². The van der Waals surface area contributed by atoms with Crippen LogP contribution >= 0.6 is 11.8 Å². The van der Waals surface area contributed by atoms with E-state index in [-0.39, 0.29) is 11.5 Å². The predicted octanol–water partition coefficient (Wildman–Crippen LogP) is 3.43. The third-order valence-electron chi connectivity index (χ3n) is 4.52. The van der Waals surface area contributed by atoms with Crippen LogP contribution in [0, 0.1) is 6.92 Å². The zero-order chi connectivity index (χ0) is 19.7. The van der Waals surface area contributed by atoms with E-state index in [1.165, 1.54) is 16.4 Å².